The molecule has 0 aromatic rings. The number of nitrogens with zero attached hydrogens (tertiary/aromatic N) is 2. The standard InChI is InChI=1S/C14H28N4O3S/c1-11-10-18(7-8-21-11)14(15)16-9-12-5-3-4-6-13(12)17-22(2,19)20/h11-13,17H,3-10H2,1-2H3,(H2,15,16). The summed E-state index contributed by atoms with van der Waals surface area (Å²) in [6, 6.07) is -0.0242. The van der Waals surface area contributed by atoms with Crippen molar-refractivity contribution >= 4 is 16.0 Å². The van der Waals surface area contributed by atoms with Gasteiger partial charge in [0.1, 0.15) is 0 Å². The van der Waals surface area contributed by atoms with Crippen LogP contribution in [-0.2, 0) is 14.8 Å². The van der Waals surface area contributed by atoms with E-state index in [1.54, 1.807) is 0 Å². The molecule has 2 rings (SSSR count). The molecule has 3 atom stereocenters. The number of sulfonamides is 1. The van der Waals surface area contributed by atoms with Crippen molar-refractivity contribution in [2.45, 2.75) is 44.8 Å². The molecular formula is C14H28N4O3S. The van der Waals surface area contributed by atoms with Crippen molar-refractivity contribution in [2.24, 2.45) is 16.6 Å². The van der Waals surface area contributed by atoms with E-state index in [1.165, 1.54) is 6.26 Å². The molecule has 1 saturated carbocycles. The lowest BCUT2D eigenvalue weighted by atomic mass is 9.85. The van der Waals surface area contributed by atoms with Crippen molar-refractivity contribution in [3.63, 3.8) is 0 Å². The molecule has 8 heteroatoms. The highest BCUT2D eigenvalue weighted by molar-refractivity contribution is 7.88. The summed E-state index contributed by atoms with van der Waals surface area (Å²) >= 11 is 0. The molecule has 1 saturated heterocycles. The zero-order valence-corrected chi connectivity index (χ0v) is 14.3. The molecule has 0 amide bonds. The highest BCUT2D eigenvalue weighted by atomic mass is 32.2. The second kappa shape index (κ2) is 7.61. The van der Waals surface area contributed by atoms with Crippen molar-refractivity contribution in [3.05, 3.63) is 0 Å². The van der Waals surface area contributed by atoms with Crippen molar-refractivity contribution in [1.29, 1.82) is 0 Å². The quantitative estimate of drug-likeness (QED) is 0.563. The Kier molecular flexibility index (Phi) is 6.05. The summed E-state index contributed by atoms with van der Waals surface area (Å²) in [7, 11) is -3.18. The third kappa shape index (κ3) is 5.40. The zero-order chi connectivity index (χ0) is 16.2. The molecule has 7 nitrogen and oxygen atoms in total. The average molecular weight is 332 g/mol. The molecule has 2 fully saturated rings. The number of nitrogens with two attached hydrogens (primary N) is 1. The molecule has 0 spiro atoms. The van der Waals surface area contributed by atoms with Gasteiger partial charge < -0.3 is 15.4 Å². The van der Waals surface area contributed by atoms with Gasteiger partial charge in [-0.15, -0.1) is 0 Å². The van der Waals surface area contributed by atoms with Crippen LogP contribution >= 0.6 is 0 Å². The molecule has 0 bridgehead atoms. The number of rotatable bonds is 4. The number of guanidine groups is 1. The van der Waals surface area contributed by atoms with Gasteiger partial charge in [0.2, 0.25) is 10.0 Å². The Morgan fingerprint density at radius 1 is 1.41 bits per heavy atom. The number of nitrogens with one attached hydrogen (secondary N) is 1. The van der Waals surface area contributed by atoms with Crippen molar-refractivity contribution in [2.75, 3.05) is 32.5 Å². The minimum atomic E-state index is -3.18. The van der Waals surface area contributed by atoms with Gasteiger partial charge in [-0.25, -0.2) is 13.1 Å². The monoisotopic (exact) mass is 332 g/mol. The van der Waals surface area contributed by atoms with E-state index < -0.39 is 10.0 Å². The Balaban J connectivity index is 1.93. The fraction of sp³-hybridized carbons (Fsp3) is 0.929. The summed E-state index contributed by atoms with van der Waals surface area (Å²) in [5.41, 5.74) is 6.08. The highest BCUT2D eigenvalue weighted by Gasteiger charge is 2.27. The third-order valence-corrected chi connectivity index (χ3v) is 5.06. The van der Waals surface area contributed by atoms with Crippen LogP contribution in [0.25, 0.3) is 0 Å². The van der Waals surface area contributed by atoms with Gasteiger partial charge >= 0.3 is 0 Å². The molecule has 0 aromatic heterocycles. The first-order valence-corrected chi connectivity index (χ1v) is 9.88. The normalized spacial score (nSPS) is 31.3. The van der Waals surface area contributed by atoms with E-state index in [0.29, 0.717) is 19.1 Å². The molecule has 1 aliphatic heterocycles. The maximum Gasteiger partial charge on any atom is 0.208 e. The highest BCUT2D eigenvalue weighted by Crippen LogP contribution is 2.25. The van der Waals surface area contributed by atoms with Gasteiger partial charge in [-0.3, -0.25) is 4.99 Å². The predicted molar refractivity (Wildman–Crippen MR) is 87.2 cm³/mol. The molecule has 128 valence electrons. The third-order valence-electron chi connectivity index (χ3n) is 4.33. The van der Waals surface area contributed by atoms with Crippen LogP contribution in [0.3, 0.4) is 0 Å². The average Bonchev–Trinajstić information content (AvgIpc) is 2.44. The molecule has 1 aliphatic carbocycles. The van der Waals surface area contributed by atoms with Crippen LogP contribution in [0, 0.1) is 5.92 Å². The fourth-order valence-electron chi connectivity index (χ4n) is 3.19. The molecule has 1 heterocycles. The van der Waals surface area contributed by atoms with E-state index in [-0.39, 0.29) is 18.1 Å². The van der Waals surface area contributed by atoms with Crippen molar-refractivity contribution in [1.82, 2.24) is 9.62 Å². The van der Waals surface area contributed by atoms with E-state index in [4.69, 9.17) is 10.5 Å². The summed E-state index contributed by atoms with van der Waals surface area (Å²) < 4.78 is 31.2. The van der Waals surface area contributed by atoms with Crippen molar-refractivity contribution in [3.8, 4) is 0 Å². The lowest BCUT2D eigenvalue weighted by Crippen LogP contribution is -2.48. The largest absolute Gasteiger partial charge is 0.375 e. The molecule has 22 heavy (non-hydrogen) atoms. The maximum atomic E-state index is 11.5. The summed E-state index contributed by atoms with van der Waals surface area (Å²) in [6.45, 7) is 4.77. The van der Waals surface area contributed by atoms with Crippen LogP contribution in [0.5, 0.6) is 0 Å². The zero-order valence-electron chi connectivity index (χ0n) is 13.5. The van der Waals surface area contributed by atoms with Crippen LogP contribution in [0.15, 0.2) is 4.99 Å². The lowest BCUT2D eigenvalue weighted by Gasteiger charge is -2.33. The van der Waals surface area contributed by atoms with Crippen molar-refractivity contribution < 1.29 is 13.2 Å². The second-order valence-electron chi connectivity index (χ2n) is 6.37. The van der Waals surface area contributed by atoms with Crippen LogP contribution in [-0.4, -0.2) is 63.9 Å². The molecule has 3 N–H and O–H groups in total. The number of ether oxygens (including phenoxy) is 1. The van der Waals surface area contributed by atoms with E-state index in [0.717, 1.165) is 38.8 Å². The topological polar surface area (TPSA) is 97.0 Å². The fourth-order valence-corrected chi connectivity index (χ4v) is 4.05. The molecule has 0 aromatic carbocycles. The van der Waals surface area contributed by atoms with Crippen LogP contribution in [0.2, 0.25) is 0 Å². The Morgan fingerprint density at radius 3 is 2.82 bits per heavy atom. The number of morpholine rings is 1. The number of aliphatic imine (C=N–C) groups is 1. The van der Waals surface area contributed by atoms with Crippen LogP contribution < -0.4 is 10.5 Å². The van der Waals surface area contributed by atoms with Gasteiger partial charge in [0.15, 0.2) is 5.96 Å². The van der Waals surface area contributed by atoms with E-state index in [9.17, 15) is 8.42 Å². The Bertz CT molecular complexity index is 494. The molecule has 2 aliphatic rings. The van der Waals surface area contributed by atoms with Gasteiger partial charge in [0, 0.05) is 25.7 Å². The Hall–Kier alpha value is -0.860. The summed E-state index contributed by atoms with van der Waals surface area (Å²) in [6.07, 6.45) is 5.42. The lowest BCUT2D eigenvalue weighted by molar-refractivity contribution is 0.00525. The van der Waals surface area contributed by atoms with Crippen LogP contribution in [0.1, 0.15) is 32.6 Å². The SMILES string of the molecule is CC1CN(C(N)=NCC2CCCCC2NS(C)(=O)=O)CCO1. The predicted octanol–water partition coefficient (Wildman–Crippen LogP) is 0.130. The summed E-state index contributed by atoms with van der Waals surface area (Å²) in [4.78, 5) is 6.55. The van der Waals surface area contributed by atoms with Gasteiger partial charge in [-0.2, -0.15) is 0 Å². The minimum Gasteiger partial charge on any atom is -0.375 e. The molecule has 0 radical (unpaired) electrons. The van der Waals surface area contributed by atoms with Gasteiger partial charge in [-0.05, 0) is 25.7 Å². The van der Waals surface area contributed by atoms with E-state index in [2.05, 4.69) is 9.71 Å². The van der Waals surface area contributed by atoms with E-state index in [1.807, 2.05) is 11.8 Å². The Labute approximate surface area is 133 Å². The van der Waals surface area contributed by atoms with Gasteiger partial charge in [0.05, 0.1) is 19.0 Å². The second-order valence-corrected chi connectivity index (χ2v) is 8.15. The van der Waals surface area contributed by atoms with E-state index >= 15 is 0 Å². The van der Waals surface area contributed by atoms with Gasteiger partial charge in [0.25, 0.3) is 0 Å². The maximum absolute atomic E-state index is 11.5. The minimum absolute atomic E-state index is 0.0242. The molecule has 3 unspecified atom stereocenters. The smallest absolute Gasteiger partial charge is 0.208 e. The molecular weight excluding hydrogens is 304 g/mol. The number of hydrogen-bond donors (Lipinski definition) is 2. The van der Waals surface area contributed by atoms with Gasteiger partial charge in [-0.1, -0.05) is 12.8 Å². The number of hydrogen-bond acceptors (Lipinski definition) is 4. The summed E-state index contributed by atoms with van der Waals surface area (Å²) in [5.74, 6) is 0.763. The first kappa shape index (κ1) is 17.5. The Morgan fingerprint density at radius 2 is 2.14 bits per heavy atom. The van der Waals surface area contributed by atoms with Crippen LogP contribution in [0.4, 0.5) is 0 Å². The first-order chi connectivity index (χ1) is 10.3. The first-order valence-electron chi connectivity index (χ1n) is 7.99. The summed E-state index contributed by atoms with van der Waals surface area (Å²) in [5, 5.41) is 0.